The molecule has 2 aliphatic rings. The highest BCUT2D eigenvalue weighted by Crippen LogP contribution is 2.43. The van der Waals surface area contributed by atoms with Gasteiger partial charge in [0.1, 0.15) is 0 Å². The summed E-state index contributed by atoms with van der Waals surface area (Å²) in [5, 5.41) is 8.43. The number of aromatic nitrogens is 3. The van der Waals surface area contributed by atoms with Gasteiger partial charge in [-0.15, -0.1) is 0 Å². The SMILES string of the molecule is Cn1ncc2ccc(-c3cncc(Cl)c3N3CCC4(CC3)CC(=O)NC4=O)cc21. The Morgan fingerprint density at radius 3 is 2.66 bits per heavy atom. The molecular weight excluding hydrogens is 390 g/mol. The highest BCUT2D eigenvalue weighted by Gasteiger charge is 2.48. The number of anilines is 1. The minimum Gasteiger partial charge on any atom is -0.370 e. The summed E-state index contributed by atoms with van der Waals surface area (Å²) in [4.78, 5) is 30.5. The first kappa shape index (κ1) is 18.1. The van der Waals surface area contributed by atoms with Crippen LogP contribution in [0.2, 0.25) is 5.02 Å². The summed E-state index contributed by atoms with van der Waals surface area (Å²) in [7, 11) is 1.92. The predicted molar refractivity (Wildman–Crippen MR) is 111 cm³/mol. The van der Waals surface area contributed by atoms with Gasteiger partial charge >= 0.3 is 0 Å². The zero-order valence-corrected chi connectivity index (χ0v) is 16.7. The Morgan fingerprint density at radius 2 is 1.93 bits per heavy atom. The largest absolute Gasteiger partial charge is 0.370 e. The van der Waals surface area contributed by atoms with E-state index in [4.69, 9.17) is 11.6 Å². The lowest BCUT2D eigenvalue weighted by Gasteiger charge is -2.39. The zero-order valence-electron chi connectivity index (χ0n) is 16.0. The van der Waals surface area contributed by atoms with Gasteiger partial charge in [0, 0.05) is 49.9 Å². The smallest absolute Gasteiger partial charge is 0.233 e. The summed E-state index contributed by atoms with van der Waals surface area (Å²) in [5.41, 5.74) is 3.35. The number of carbonyl (C=O) groups is 2. The summed E-state index contributed by atoms with van der Waals surface area (Å²) in [5.74, 6) is -0.305. The molecule has 148 valence electrons. The Kier molecular flexibility index (Phi) is 4.10. The maximum atomic E-state index is 12.3. The fourth-order valence-corrected chi connectivity index (χ4v) is 4.80. The number of benzene rings is 1. The number of imide groups is 1. The van der Waals surface area contributed by atoms with Crippen molar-refractivity contribution in [1.29, 1.82) is 0 Å². The maximum absolute atomic E-state index is 12.3. The van der Waals surface area contributed by atoms with Crippen LogP contribution in [0.4, 0.5) is 5.69 Å². The van der Waals surface area contributed by atoms with Crippen LogP contribution in [0, 0.1) is 5.41 Å². The normalized spacial score (nSPS) is 18.6. The van der Waals surface area contributed by atoms with Crippen molar-refractivity contribution >= 4 is 40.0 Å². The van der Waals surface area contributed by atoms with Gasteiger partial charge in [0.25, 0.3) is 0 Å². The third kappa shape index (κ3) is 2.88. The third-order valence-corrected chi connectivity index (χ3v) is 6.48. The van der Waals surface area contributed by atoms with Crippen molar-refractivity contribution in [3.8, 4) is 11.1 Å². The lowest BCUT2D eigenvalue weighted by Crippen LogP contribution is -2.44. The zero-order chi connectivity index (χ0) is 20.2. The Labute approximate surface area is 172 Å². The molecule has 2 fully saturated rings. The van der Waals surface area contributed by atoms with E-state index >= 15 is 0 Å². The quantitative estimate of drug-likeness (QED) is 0.658. The van der Waals surface area contributed by atoms with Gasteiger partial charge in [0.2, 0.25) is 11.8 Å². The topological polar surface area (TPSA) is 80.1 Å². The van der Waals surface area contributed by atoms with E-state index in [-0.39, 0.29) is 18.2 Å². The molecule has 1 aromatic carbocycles. The van der Waals surface area contributed by atoms with Gasteiger partial charge in [-0.3, -0.25) is 24.6 Å². The first-order valence-corrected chi connectivity index (χ1v) is 9.99. The number of nitrogens with one attached hydrogen (secondary N) is 1. The van der Waals surface area contributed by atoms with E-state index < -0.39 is 5.41 Å². The molecule has 5 rings (SSSR count). The van der Waals surface area contributed by atoms with Gasteiger partial charge in [0.15, 0.2) is 0 Å². The molecule has 3 aromatic rings. The Bertz CT molecular complexity index is 1150. The van der Waals surface area contributed by atoms with E-state index in [2.05, 4.69) is 32.4 Å². The lowest BCUT2D eigenvalue weighted by atomic mass is 9.77. The third-order valence-electron chi connectivity index (χ3n) is 6.20. The number of piperidine rings is 1. The number of halogens is 1. The number of aryl methyl sites for hydroxylation is 1. The molecule has 2 aliphatic heterocycles. The predicted octanol–water partition coefficient (Wildman–Crippen LogP) is 2.92. The first-order chi connectivity index (χ1) is 14.0. The summed E-state index contributed by atoms with van der Waals surface area (Å²) >= 11 is 6.59. The fourth-order valence-electron chi connectivity index (χ4n) is 4.53. The van der Waals surface area contributed by atoms with Crippen molar-refractivity contribution in [3.63, 3.8) is 0 Å². The molecule has 0 unspecified atom stereocenters. The number of rotatable bonds is 2. The number of fused-ring (bicyclic) bond motifs is 1. The molecule has 4 heterocycles. The molecule has 1 N–H and O–H groups in total. The molecule has 0 aliphatic carbocycles. The standard InChI is InChI=1S/C21H20ClN5O2/c1-26-17-8-13(2-3-14(17)10-24-26)15-11-23-12-16(22)19(15)27-6-4-21(5-7-27)9-18(28)25-20(21)29/h2-3,8,10-12H,4-7,9H2,1H3,(H,25,28,29). The average Bonchev–Trinajstić information content (AvgIpc) is 3.21. The van der Waals surface area contributed by atoms with E-state index in [1.54, 1.807) is 6.20 Å². The number of carbonyl (C=O) groups excluding carboxylic acids is 2. The molecule has 29 heavy (non-hydrogen) atoms. The second kappa shape index (κ2) is 6.56. The highest BCUT2D eigenvalue weighted by atomic mass is 35.5. The molecule has 2 amide bonds. The van der Waals surface area contributed by atoms with Gasteiger partial charge < -0.3 is 4.90 Å². The van der Waals surface area contributed by atoms with E-state index in [9.17, 15) is 9.59 Å². The molecule has 2 saturated heterocycles. The number of hydrogen-bond acceptors (Lipinski definition) is 5. The molecule has 7 nitrogen and oxygen atoms in total. The van der Waals surface area contributed by atoms with Crippen molar-refractivity contribution in [3.05, 3.63) is 41.8 Å². The van der Waals surface area contributed by atoms with Crippen LogP contribution >= 0.6 is 11.6 Å². The summed E-state index contributed by atoms with van der Waals surface area (Å²) in [6.07, 6.45) is 6.86. The fraction of sp³-hybridized carbons (Fsp3) is 0.333. The van der Waals surface area contributed by atoms with Crippen molar-refractivity contribution in [1.82, 2.24) is 20.1 Å². The van der Waals surface area contributed by atoms with Crippen LogP contribution in [-0.2, 0) is 16.6 Å². The number of hydrogen-bond donors (Lipinski definition) is 1. The molecule has 0 atom stereocenters. The molecular formula is C21H20ClN5O2. The minimum atomic E-state index is -0.569. The van der Waals surface area contributed by atoms with Gasteiger partial charge in [-0.1, -0.05) is 23.7 Å². The molecule has 0 bridgehead atoms. The van der Waals surface area contributed by atoms with Gasteiger partial charge in [-0.25, -0.2) is 0 Å². The lowest BCUT2D eigenvalue weighted by molar-refractivity contribution is -0.129. The van der Waals surface area contributed by atoms with E-state index in [0.29, 0.717) is 31.0 Å². The van der Waals surface area contributed by atoms with Crippen molar-refractivity contribution in [2.45, 2.75) is 19.3 Å². The Morgan fingerprint density at radius 1 is 1.14 bits per heavy atom. The monoisotopic (exact) mass is 409 g/mol. The number of pyridine rings is 1. The first-order valence-electron chi connectivity index (χ1n) is 9.62. The maximum Gasteiger partial charge on any atom is 0.233 e. The summed E-state index contributed by atoms with van der Waals surface area (Å²) in [6, 6.07) is 6.19. The van der Waals surface area contributed by atoms with E-state index in [0.717, 1.165) is 27.7 Å². The summed E-state index contributed by atoms with van der Waals surface area (Å²) < 4.78 is 1.84. The molecule has 2 aromatic heterocycles. The Balaban J connectivity index is 1.51. The van der Waals surface area contributed by atoms with Gasteiger partial charge in [-0.2, -0.15) is 5.10 Å². The summed E-state index contributed by atoms with van der Waals surface area (Å²) in [6.45, 7) is 1.32. The van der Waals surface area contributed by atoms with E-state index in [1.807, 2.05) is 30.2 Å². The molecule has 8 heteroatoms. The highest BCUT2D eigenvalue weighted by molar-refractivity contribution is 6.34. The molecule has 0 radical (unpaired) electrons. The second-order valence-corrected chi connectivity index (χ2v) is 8.29. The second-order valence-electron chi connectivity index (χ2n) is 7.88. The number of nitrogens with zero attached hydrogens (tertiary/aromatic N) is 4. The minimum absolute atomic E-state index is 0.134. The van der Waals surface area contributed by atoms with Gasteiger partial charge in [0.05, 0.1) is 27.8 Å². The van der Waals surface area contributed by atoms with Crippen molar-refractivity contribution in [2.75, 3.05) is 18.0 Å². The van der Waals surface area contributed by atoms with Crippen LogP contribution in [0.3, 0.4) is 0 Å². The molecule has 1 spiro atoms. The van der Waals surface area contributed by atoms with Crippen LogP contribution in [-0.4, -0.2) is 39.7 Å². The van der Waals surface area contributed by atoms with Crippen molar-refractivity contribution in [2.24, 2.45) is 12.5 Å². The van der Waals surface area contributed by atoms with Crippen molar-refractivity contribution < 1.29 is 9.59 Å². The van der Waals surface area contributed by atoms with Gasteiger partial charge in [-0.05, 0) is 24.5 Å². The molecule has 0 saturated carbocycles. The number of amides is 2. The van der Waals surface area contributed by atoms with Crippen LogP contribution in [0.15, 0.2) is 36.8 Å². The average molecular weight is 410 g/mol. The van der Waals surface area contributed by atoms with Crippen LogP contribution in [0.25, 0.3) is 22.0 Å². The van der Waals surface area contributed by atoms with E-state index in [1.165, 1.54) is 0 Å². The van der Waals surface area contributed by atoms with Crippen LogP contribution < -0.4 is 10.2 Å². The van der Waals surface area contributed by atoms with Crippen LogP contribution in [0.1, 0.15) is 19.3 Å². The Hall–Kier alpha value is -2.93. The van der Waals surface area contributed by atoms with Crippen LogP contribution in [0.5, 0.6) is 0 Å².